The molecular weight excluding hydrogens is 291 g/mol. The molecule has 1 fully saturated rings. The van der Waals surface area contributed by atoms with Crippen molar-refractivity contribution in [2.24, 2.45) is 5.92 Å². The number of benzene rings is 1. The molecule has 116 valence electrons. The predicted octanol–water partition coefficient (Wildman–Crippen LogP) is 3.82. The van der Waals surface area contributed by atoms with E-state index in [1.54, 1.807) is 4.68 Å². The van der Waals surface area contributed by atoms with E-state index in [2.05, 4.69) is 10.1 Å². The number of hydrogen-bond acceptors (Lipinski definition) is 2. The van der Waals surface area contributed by atoms with Crippen LogP contribution in [0.4, 0.5) is 13.2 Å². The Morgan fingerprint density at radius 2 is 1.86 bits per heavy atom. The molecule has 3 nitrogen and oxygen atoms in total. The van der Waals surface area contributed by atoms with Gasteiger partial charge in [-0.15, -0.1) is 5.10 Å². The average Bonchev–Trinajstić information content (AvgIpc) is 2.97. The van der Waals surface area contributed by atoms with E-state index in [-0.39, 0.29) is 18.4 Å². The van der Waals surface area contributed by atoms with Crippen LogP contribution in [0.15, 0.2) is 30.3 Å². The van der Waals surface area contributed by atoms with Crippen LogP contribution in [-0.2, 0) is 5.92 Å². The van der Waals surface area contributed by atoms with Crippen LogP contribution in [0.2, 0.25) is 0 Å². The quantitative estimate of drug-likeness (QED) is 0.863. The number of alkyl halides is 3. The number of rotatable bonds is 3. The molecule has 0 bridgehead atoms. The fourth-order valence-electron chi connectivity index (χ4n) is 3.24. The molecular formula is C16H16F3N3. The van der Waals surface area contributed by atoms with Gasteiger partial charge in [-0.3, -0.25) is 0 Å². The number of hydrogen-bond donors (Lipinski definition) is 0. The summed E-state index contributed by atoms with van der Waals surface area (Å²) in [5.74, 6) is -4.44. The molecule has 0 N–H and O–H groups in total. The van der Waals surface area contributed by atoms with Crippen molar-refractivity contribution in [2.75, 3.05) is 0 Å². The maximum Gasteiger partial charge on any atom is 0.314 e. The number of fused-ring (bicyclic) bond motifs is 1. The number of aromatic nitrogens is 3. The van der Waals surface area contributed by atoms with Gasteiger partial charge >= 0.3 is 5.92 Å². The highest BCUT2D eigenvalue weighted by molar-refractivity contribution is 5.25. The highest BCUT2D eigenvalue weighted by Gasteiger charge is 2.59. The van der Waals surface area contributed by atoms with Gasteiger partial charge in [-0.25, -0.2) is 14.1 Å². The molecule has 1 aromatic carbocycles. The second-order valence-corrected chi connectivity index (χ2v) is 6.28. The van der Waals surface area contributed by atoms with Crippen LogP contribution in [-0.4, -0.2) is 20.9 Å². The zero-order chi connectivity index (χ0) is 15.5. The van der Waals surface area contributed by atoms with Crippen LogP contribution in [0.5, 0.6) is 0 Å². The van der Waals surface area contributed by atoms with Crippen molar-refractivity contribution >= 4 is 0 Å². The lowest BCUT2D eigenvalue weighted by atomic mass is 10.0. The minimum Gasteiger partial charge on any atom is -0.247 e. The van der Waals surface area contributed by atoms with Crippen molar-refractivity contribution in [2.45, 2.75) is 43.8 Å². The maximum absolute atomic E-state index is 14.2. The van der Waals surface area contributed by atoms with Crippen molar-refractivity contribution in [1.82, 2.24) is 14.8 Å². The van der Waals surface area contributed by atoms with Crippen LogP contribution in [0.25, 0.3) is 0 Å². The van der Waals surface area contributed by atoms with Gasteiger partial charge in [-0.05, 0) is 18.4 Å². The first-order valence-electron chi connectivity index (χ1n) is 7.52. The summed E-state index contributed by atoms with van der Waals surface area (Å²) < 4.78 is 43.1. The van der Waals surface area contributed by atoms with E-state index in [1.807, 2.05) is 37.3 Å². The summed E-state index contributed by atoms with van der Waals surface area (Å²) in [6.45, 7) is 1.96. The molecule has 1 saturated carbocycles. The van der Waals surface area contributed by atoms with Crippen LogP contribution in [0, 0.1) is 5.92 Å². The molecule has 2 aromatic rings. The monoisotopic (exact) mass is 307 g/mol. The second kappa shape index (κ2) is 4.57. The van der Waals surface area contributed by atoms with Crippen LogP contribution < -0.4 is 0 Å². The molecule has 4 rings (SSSR count). The van der Waals surface area contributed by atoms with Gasteiger partial charge in [0.2, 0.25) is 5.82 Å². The molecule has 4 atom stereocenters. The summed E-state index contributed by atoms with van der Waals surface area (Å²) in [4.78, 5) is 4.05. The lowest BCUT2D eigenvalue weighted by Crippen LogP contribution is -2.21. The van der Waals surface area contributed by atoms with Gasteiger partial charge in [0.1, 0.15) is 12.0 Å². The molecule has 2 aliphatic rings. The Kier molecular flexibility index (Phi) is 2.86. The second-order valence-electron chi connectivity index (χ2n) is 6.28. The highest BCUT2D eigenvalue weighted by Crippen LogP contribution is 2.51. The van der Waals surface area contributed by atoms with Gasteiger partial charge < -0.3 is 0 Å². The molecule has 0 unspecified atom stereocenters. The summed E-state index contributed by atoms with van der Waals surface area (Å²) >= 11 is 0. The summed E-state index contributed by atoms with van der Waals surface area (Å²) in [5, 5.41) is 4.06. The minimum absolute atomic E-state index is 0.0580. The summed E-state index contributed by atoms with van der Waals surface area (Å²) in [5.41, 5.74) is 1.03. The Labute approximate surface area is 126 Å². The third-order valence-electron chi connectivity index (χ3n) is 4.63. The molecule has 1 aliphatic carbocycles. The van der Waals surface area contributed by atoms with Crippen LogP contribution in [0.3, 0.4) is 0 Å². The first-order chi connectivity index (χ1) is 10.5. The third kappa shape index (κ3) is 1.96. The van der Waals surface area contributed by atoms with Gasteiger partial charge in [-0.1, -0.05) is 37.3 Å². The van der Waals surface area contributed by atoms with Crippen molar-refractivity contribution < 1.29 is 13.2 Å². The maximum atomic E-state index is 14.2. The molecule has 0 spiro atoms. The molecule has 0 amide bonds. The summed E-state index contributed by atoms with van der Waals surface area (Å²) in [6, 6.07) is 9.60. The van der Waals surface area contributed by atoms with E-state index in [0.717, 1.165) is 12.0 Å². The largest absolute Gasteiger partial charge is 0.314 e. The third-order valence-corrected chi connectivity index (χ3v) is 4.63. The molecule has 0 radical (unpaired) electrons. The lowest BCUT2D eigenvalue weighted by Gasteiger charge is -2.14. The smallest absolute Gasteiger partial charge is 0.247 e. The zero-order valence-corrected chi connectivity index (χ0v) is 12.1. The molecule has 0 saturated heterocycles. The first kappa shape index (κ1) is 13.8. The van der Waals surface area contributed by atoms with Gasteiger partial charge in [0, 0.05) is 5.92 Å². The lowest BCUT2D eigenvalue weighted by molar-refractivity contribution is -0.0444. The highest BCUT2D eigenvalue weighted by atomic mass is 19.3. The predicted molar refractivity (Wildman–Crippen MR) is 74.5 cm³/mol. The van der Waals surface area contributed by atoms with E-state index in [9.17, 15) is 13.2 Å². The average molecular weight is 307 g/mol. The van der Waals surface area contributed by atoms with E-state index in [1.165, 1.54) is 0 Å². The Bertz CT molecular complexity index is 698. The standard InChI is InChI=1S/C16H16F3N3/c1-9-7-13(10-5-3-2-4-6-10)22-14(9)20-15(21-22)16(18,19)11-8-12(11)17/h2-6,9,11-13H,7-8H2,1H3/t9-,11+,12+,13-/m0/s1. The van der Waals surface area contributed by atoms with Gasteiger partial charge in [0.05, 0.1) is 12.0 Å². The SMILES string of the molecule is C[C@H]1C[C@@H](c2ccccc2)n2nc(C(F)(F)[C@@H]3C[C@H]3F)nc21. The van der Waals surface area contributed by atoms with E-state index >= 15 is 0 Å². The van der Waals surface area contributed by atoms with Gasteiger partial charge in [-0.2, -0.15) is 8.78 Å². The van der Waals surface area contributed by atoms with Crippen LogP contribution in [0.1, 0.15) is 48.9 Å². The van der Waals surface area contributed by atoms with Crippen molar-refractivity contribution in [1.29, 1.82) is 0 Å². The molecule has 1 aliphatic heterocycles. The fraction of sp³-hybridized carbons (Fsp3) is 0.500. The fourth-order valence-corrected chi connectivity index (χ4v) is 3.24. The molecule has 6 heteroatoms. The Hall–Kier alpha value is -1.85. The van der Waals surface area contributed by atoms with E-state index in [0.29, 0.717) is 5.82 Å². The van der Waals surface area contributed by atoms with Crippen molar-refractivity contribution in [3.8, 4) is 0 Å². The van der Waals surface area contributed by atoms with Gasteiger partial charge in [0.25, 0.3) is 0 Å². The Balaban J connectivity index is 1.72. The Morgan fingerprint density at radius 3 is 2.50 bits per heavy atom. The van der Waals surface area contributed by atoms with E-state index in [4.69, 9.17) is 0 Å². The number of nitrogens with zero attached hydrogens (tertiary/aromatic N) is 3. The molecule has 2 heterocycles. The molecule has 22 heavy (non-hydrogen) atoms. The molecule has 1 aromatic heterocycles. The van der Waals surface area contributed by atoms with E-state index < -0.39 is 23.8 Å². The number of halogens is 3. The van der Waals surface area contributed by atoms with Crippen molar-refractivity contribution in [3.05, 3.63) is 47.5 Å². The summed E-state index contributed by atoms with van der Waals surface area (Å²) in [6.07, 6.45) is -0.745. The van der Waals surface area contributed by atoms with Crippen molar-refractivity contribution in [3.63, 3.8) is 0 Å². The Morgan fingerprint density at radius 1 is 1.18 bits per heavy atom. The minimum atomic E-state index is -3.28. The van der Waals surface area contributed by atoms with Gasteiger partial charge in [0.15, 0.2) is 0 Å². The first-order valence-corrected chi connectivity index (χ1v) is 7.52. The summed E-state index contributed by atoms with van der Waals surface area (Å²) in [7, 11) is 0. The topological polar surface area (TPSA) is 30.7 Å². The normalized spacial score (nSPS) is 30.4. The van der Waals surface area contributed by atoms with Crippen LogP contribution >= 0.6 is 0 Å². The zero-order valence-electron chi connectivity index (χ0n) is 12.1.